The first kappa shape index (κ1) is 12.1. The molecular formula is C12H21N3. The second-order valence-corrected chi connectivity index (χ2v) is 4.06. The molecule has 0 saturated heterocycles. The van der Waals surface area contributed by atoms with Crippen molar-refractivity contribution in [3.63, 3.8) is 0 Å². The zero-order valence-electron chi connectivity index (χ0n) is 9.61. The fraction of sp³-hybridized carbons (Fsp3) is 0.583. The number of nitrogens with zero attached hydrogens (tertiary/aromatic N) is 1. The van der Waals surface area contributed by atoms with E-state index in [-0.39, 0.29) is 0 Å². The number of nitrogens with one attached hydrogen (secondary N) is 1. The van der Waals surface area contributed by atoms with Crippen LogP contribution < -0.4 is 11.1 Å². The lowest BCUT2D eigenvalue weighted by atomic mass is 10.0. The van der Waals surface area contributed by atoms with Crippen LogP contribution in [0.5, 0.6) is 0 Å². The number of aromatic nitrogens is 1. The van der Waals surface area contributed by atoms with E-state index < -0.39 is 0 Å². The van der Waals surface area contributed by atoms with E-state index in [4.69, 9.17) is 5.73 Å². The minimum absolute atomic E-state index is 0.483. The number of pyridine rings is 1. The highest BCUT2D eigenvalue weighted by atomic mass is 14.9. The Kier molecular flexibility index (Phi) is 5.29. The highest BCUT2D eigenvalue weighted by Crippen LogP contribution is 2.01. The summed E-state index contributed by atoms with van der Waals surface area (Å²) in [5.74, 6) is 0.530. The van der Waals surface area contributed by atoms with Gasteiger partial charge in [0.15, 0.2) is 0 Å². The van der Waals surface area contributed by atoms with Crippen molar-refractivity contribution >= 4 is 0 Å². The monoisotopic (exact) mass is 207 g/mol. The molecule has 0 aliphatic rings. The third kappa shape index (κ3) is 4.40. The first-order valence-electron chi connectivity index (χ1n) is 5.56. The van der Waals surface area contributed by atoms with Gasteiger partial charge in [-0.1, -0.05) is 6.92 Å². The van der Waals surface area contributed by atoms with Crippen molar-refractivity contribution in [1.82, 2.24) is 10.3 Å². The first-order chi connectivity index (χ1) is 7.24. The molecule has 0 amide bonds. The predicted octanol–water partition coefficient (Wildman–Crippen LogP) is 1.20. The largest absolute Gasteiger partial charge is 0.330 e. The van der Waals surface area contributed by atoms with E-state index in [2.05, 4.69) is 36.3 Å². The molecule has 1 aromatic rings. The van der Waals surface area contributed by atoms with Crippen LogP contribution in [0.3, 0.4) is 0 Å². The van der Waals surface area contributed by atoms with E-state index in [1.807, 2.05) is 12.4 Å². The summed E-state index contributed by atoms with van der Waals surface area (Å²) in [6.45, 7) is 6.09. The van der Waals surface area contributed by atoms with Crippen molar-refractivity contribution in [2.45, 2.75) is 26.3 Å². The second kappa shape index (κ2) is 6.53. The van der Waals surface area contributed by atoms with Gasteiger partial charge in [0.05, 0.1) is 0 Å². The number of rotatable bonds is 6. The molecule has 3 N–H and O–H groups in total. The summed E-state index contributed by atoms with van der Waals surface area (Å²) in [6, 6.07) is 4.59. The molecule has 3 heteroatoms. The van der Waals surface area contributed by atoms with Crippen LogP contribution in [-0.2, 0) is 6.42 Å². The molecule has 15 heavy (non-hydrogen) atoms. The van der Waals surface area contributed by atoms with Crippen molar-refractivity contribution in [3.05, 3.63) is 30.1 Å². The molecule has 1 heterocycles. The van der Waals surface area contributed by atoms with Crippen LogP contribution in [0, 0.1) is 5.92 Å². The Bertz CT molecular complexity index is 261. The summed E-state index contributed by atoms with van der Waals surface area (Å²) in [5, 5.41) is 3.48. The third-order valence-corrected chi connectivity index (χ3v) is 2.85. The zero-order valence-corrected chi connectivity index (χ0v) is 9.61. The molecule has 0 spiro atoms. The number of nitrogens with two attached hydrogens (primary N) is 1. The maximum Gasteiger partial charge on any atom is 0.0270 e. The standard InChI is InChI=1S/C12H21N3/c1-10(9-13)11(2)15-8-5-12-3-6-14-7-4-12/h3-4,6-7,10-11,15H,5,8-9,13H2,1-2H3. The van der Waals surface area contributed by atoms with E-state index >= 15 is 0 Å². The van der Waals surface area contributed by atoms with Gasteiger partial charge in [0.25, 0.3) is 0 Å². The van der Waals surface area contributed by atoms with Crippen molar-refractivity contribution in [1.29, 1.82) is 0 Å². The van der Waals surface area contributed by atoms with Gasteiger partial charge < -0.3 is 11.1 Å². The van der Waals surface area contributed by atoms with E-state index in [0.29, 0.717) is 12.0 Å². The van der Waals surface area contributed by atoms with Gasteiger partial charge in [-0.05, 0) is 50.0 Å². The number of hydrogen-bond acceptors (Lipinski definition) is 3. The van der Waals surface area contributed by atoms with Gasteiger partial charge in [-0.2, -0.15) is 0 Å². The Morgan fingerprint density at radius 2 is 2.00 bits per heavy atom. The van der Waals surface area contributed by atoms with E-state index in [1.54, 1.807) is 0 Å². The molecule has 0 aliphatic heterocycles. The minimum atomic E-state index is 0.483. The molecule has 0 radical (unpaired) electrons. The lowest BCUT2D eigenvalue weighted by Crippen LogP contribution is -2.36. The molecule has 84 valence electrons. The Morgan fingerprint density at radius 3 is 2.60 bits per heavy atom. The van der Waals surface area contributed by atoms with Gasteiger partial charge in [0.2, 0.25) is 0 Å². The molecule has 2 atom stereocenters. The Morgan fingerprint density at radius 1 is 1.33 bits per heavy atom. The molecule has 0 fully saturated rings. The molecular weight excluding hydrogens is 186 g/mol. The Labute approximate surface area is 92.1 Å². The smallest absolute Gasteiger partial charge is 0.0270 e. The molecule has 0 aliphatic carbocycles. The van der Waals surface area contributed by atoms with Crippen LogP contribution in [0.25, 0.3) is 0 Å². The van der Waals surface area contributed by atoms with E-state index in [1.165, 1.54) is 5.56 Å². The predicted molar refractivity (Wildman–Crippen MR) is 63.6 cm³/mol. The van der Waals surface area contributed by atoms with Gasteiger partial charge in [-0.3, -0.25) is 4.98 Å². The summed E-state index contributed by atoms with van der Waals surface area (Å²) >= 11 is 0. The van der Waals surface area contributed by atoms with Crippen LogP contribution >= 0.6 is 0 Å². The van der Waals surface area contributed by atoms with Crippen LogP contribution in [0.4, 0.5) is 0 Å². The molecule has 0 aromatic carbocycles. The van der Waals surface area contributed by atoms with Crippen molar-refractivity contribution in [2.24, 2.45) is 11.7 Å². The minimum Gasteiger partial charge on any atom is -0.330 e. The molecule has 3 nitrogen and oxygen atoms in total. The summed E-state index contributed by atoms with van der Waals surface area (Å²) in [5.41, 5.74) is 6.93. The van der Waals surface area contributed by atoms with Crippen LogP contribution in [0.15, 0.2) is 24.5 Å². The lowest BCUT2D eigenvalue weighted by Gasteiger charge is -2.19. The average molecular weight is 207 g/mol. The maximum absolute atomic E-state index is 5.61. The second-order valence-electron chi connectivity index (χ2n) is 4.06. The zero-order chi connectivity index (χ0) is 11.1. The SMILES string of the molecule is CC(CN)C(C)NCCc1ccncc1. The molecule has 0 bridgehead atoms. The van der Waals surface area contributed by atoms with E-state index in [9.17, 15) is 0 Å². The highest BCUT2D eigenvalue weighted by Gasteiger charge is 2.08. The molecule has 0 saturated carbocycles. The summed E-state index contributed by atoms with van der Waals surface area (Å²) in [7, 11) is 0. The Balaban J connectivity index is 2.22. The van der Waals surface area contributed by atoms with Crippen molar-refractivity contribution in [2.75, 3.05) is 13.1 Å². The highest BCUT2D eigenvalue weighted by molar-refractivity contribution is 5.09. The fourth-order valence-corrected chi connectivity index (χ4v) is 1.40. The van der Waals surface area contributed by atoms with Crippen LogP contribution in [0.1, 0.15) is 19.4 Å². The summed E-state index contributed by atoms with van der Waals surface area (Å²) in [6.07, 6.45) is 4.71. The van der Waals surface area contributed by atoms with Gasteiger partial charge in [-0.15, -0.1) is 0 Å². The van der Waals surface area contributed by atoms with Crippen molar-refractivity contribution in [3.8, 4) is 0 Å². The van der Waals surface area contributed by atoms with Gasteiger partial charge >= 0.3 is 0 Å². The Hall–Kier alpha value is -0.930. The average Bonchev–Trinajstić information content (AvgIpc) is 2.29. The topological polar surface area (TPSA) is 50.9 Å². The van der Waals surface area contributed by atoms with Gasteiger partial charge in [0, 0.05) is 18.4 Å². The third-order valence-electron chi connectivity index (χ3n) is 2.85. The van der Waals surface area contributed by atoms with Gasteiger partial charge in [0.1, 0.15) is 0 Å². The number of hydrogen-bond donors (Lipinski definition) is 2. The van der Waals surface area contributed by atoms with Crippen LogP contribution in [-0.4, -0.2) is 24.1 Å². The van der Waals surface area contributed by atoms with E-state index in [0.717, 1.165) is 19.5 Å². The van der Waals surface area contributed by atoms with Gasteiger partial charge in [-0.25, -0.2) is 0 Å². The lowest BCUT2D eigenvalue weighted by molar-refractivity contribution is 0.410. The summed E-state index contributed by atoms with van der Waals surface area (Å²) in [4.78, 5) is 3.99. The van der Waals surface area contributed by atoms with Crippen molar-refractivity contribution < 1.29 is 0 Å². The maximum atomic E-state index is 5.61. The first-order valence-corrected chi connectivity index (χ1v) is 5.56. The summed E-state index contributed by atoms with van der Waals surface area (Å²) < 4.78 is 0. The quantitative estimate of drug-likeness (QED) is 0.737. The molecule has 2 unspecified atom stereocenters. The fourth-order valence-electron chi connectivity index (χ4n) is 1.40. The molecule has 1 rings (SSSR count). The molecule has 1 aromatic heterocycles. The normalized spacial score (nSPS) is 14.9. The van der Waals surface area contributed by atoms with Crippen LogP contribution in [0.2, 0.25) is 0 Å².